The molecular formula is C14H16FNOS2. The van der Waals surface area contributed by atoms with Crippen LogP contribution in [0.15, 0.2) is 44.8 Å². The van der Waals surface area contributed by atoms with Crippen molar-refractivity contribution in [3.8, 4) is 0 Å². The molecule has 0 bridgehead atoms. The van der Waals surface area contributed by atoms with Crippen LogP contribution in [-0.4, -0.2) is 20.3 Å². The van der Waals surface area contributed by atoms with Gasteiger partial charge in [-0.05, 0) is 35.2 Å². The van der Waals surface area contributed by atoms with Crippen molar-refractivity contribution in [2.75, 3.05) is 20.3 Å². The Morgan fingerprint density at radius 1 is 1.37 bits per heavy atom. The molecular weight excluding hydrogens is 281 g/mol. The highest BCUT2D eigenvalue weighted by molar-refractivity contribution is 8.01. The van der Waals surface area contributed by atoms with Crippen molar-refractivity contribution >= 4 is 23.1 Å². The molecule has 0 saturated carbocycles. The summed E-state index contributed by atoms with van der Waals surface area (Å²) in [6, 6.07) is 9.03. The quantitative estimate of drug-likeness (QED) is 0.786. The fraction of sp³-hybridized carbons (Fsp3) is 0.286. The second-order valence-electron chi connectivity index (χ2n) is 3.96. The van der Waals surface area contributed by atoms with Crippen molar-refractivity contribution in [2.24, 2.45) is 0 Å². The molecule has 0 radical (unpaired) electrons. The molecule has 0 atom stereocenters. The average molecular weight is 297 g/mol. The summed E-state index contributed by atoms with van der Waals surface area (Å²) in [4.78, 5) is 1.09. The molecule has 2 rings (SSSR count). The van der Waals surface area contributed by atoms with Crippen molar-refractivity contribution in [1.29, 1.82) is 0 Å². The number of methoxy groups -OCH3 is 1. The molecule has 1 aromatic heterocycles. The molecule has 0 aliphatic rings. The van der Waals surface area contributed by atoms with E-state index in [1.165, 1.54) is 10.3 Å². The van der Waals surface area contributed by atoms with Gasteiger partial charge in [0.1, 0.15) is 5.82 Å². The summed E-state index contributed by atoms with van der Waals surface area (Å²) in [5, 5.41) is 5.29. The van der Waals surface area contributed by atoms with E-state index < -0.39 is 0 Å². The van der Waals surface area contributed by atoms with Crippen LogP contribution >= 0.6 is 23.1 Å². The first-order valence-corrected chi connectivity index (χ1v) is 7.68. The smallest absolute Gasteiger partial charge is 0.123 e. The number of hydrogen-bond donors (Lipinski definition) is 1. The summed E-state index contributed by atoms with van der Waals surface area (Å²) >= 11 is 3.37. The number of halogens is 1. The minimum absolute atomic E-state index is 0.195. The van der Waals surface area contributed by atoms with Gasteiger partial charge in [0.05, 0.1) is 10.8 Å². The fourth-order valence-electron chi connectivity index (χ4n) is 1.61. The number of nitrogens with one attached hydrogen (secondary N) is 1. The molecule has 1 aromatic carbocycles. The number of benzene rings is 1. The lowest BCUT2D eigenvalue weighted by Crippen LogP contribution is -2.19. The van der Waals surface area contributed by atoms with Gasteiger partial charge >= 0.3 is 0 Å². The van der Waals surface area contributed by atoms with Gasteiger partial charge in [0.25, 0.3) is 0 Å². The molecule has 1 heterocycles. The highest BCUT2D eigenvalue weighted by atomic mass is 32.2. The standard InChI is InChI=1S/C14H16FNOS2/c1-17-7-6-16-10-11-9-12(15)4-5-13(11)19-14-3-2-8-18-14/h2-5,8-9,16H,6-7,10H2,1H3. The number of hydrogen-bond acceptors (Lipinski definition) is 4. The first-order chi connectivity index (χ1) is 9.29. The van der Waals surface area contributed by atoms with Crippen LogP contribution in [-0.2, 0) is 11.3 Å². The Kier molecular flexibility index (Phi) is 5.85. The maximum Gasteiger partial charge on any atom is 0.123 e. The molecule has 0 aliphatic carbocycles. The average Bonchev–Trinajstić information content (AvgIpc) is 2.90. The van der Waals surface area contributed by atoms with Gasteiger partial charge < -0.3 is 10.1 Å². The van der Waals surface area contributed by atoms with Crippen molar-refractivity contribution in [3.63, 3.8) is 0 Å². The van der Waals surface area contributed by atoms with Crippen molar-refractivity contribution in [3.05, 3.63) is 47.1 Å². The monoisotopic (exact) mass is 297 g/mol. The summed E-state index contributed by atoms with van der Waals surface area (Å²) in [6.07, 6.45) is 0. The highest BCUT2D eigenvalue weighted by Gasteiger charge is 2.06. The number of rotatable bonds is 7. The second kappa shape index (κ2) is 7.65. The summed E-state index contributed by atoms with van der Waals surface area (Å²) in [6.45, 7) is 2.06. The second-order valence-corrected chi connectivity index (χ2v) is 6.25. The van der Waals surface area contributed by atoms with E-state index in [1.807, 2.05) is 17.5 Å². The summed E-state index contributed by atoms with van der Waals surface area (Å²) in [5.74, 6) is -0.195. The van der Waals surface area contributed by atoms with Crippen LogP contribution in [0.25, 0.3) is 0 Å². The van der Waals surface area contributed by atoms with E-state index >= 15 is 0 Å². The molecule has 5 heteroatoms. The van der Waals surface area contributed by atoms with Crippen LogP contribution in [0.2, 0.25) is 0 Å². The predicted octanol–water partition coefficient (Wildman–Crippen LogP) is 3.77. The van der Waals surface area contributed by atoms with Crippen LogP contribution < -0.4 is 5.32 Å². The molecule has 19 heavy (non-hydrogen) atoms. The summed E-state index contributed by atoms with van der Waals surface area (Å²) in [5.41, 5.74) is 0.981. The van der Waals surface area contributed by atoms with Crippen LogP contribution in [0, 0.1) is 5.82 Å². The lowest BCUT2D eigenvalue weighted by molar-refractivity contribution is 0.199. The lowest BCUT2D eigenvalue weighted by atomic mass is 10.2. The van der Waals surface area contributed by atoms with E-state index in [0.717, 1.165) is 17.0 Å². The Labute approximate surface area is 121 Å². The van der Waals surface area contributed by atoms with Crippen LogP contribution in [0.4, 0.5) is 4.39 Å². The Morgan fingerprint density at radius 3 is 3.00 bits per heavy atom. The van der Waals surface area contributed by atoms with E-state index in [-0.39, 0.29) is 5.82 Å². The van der Waals surface area contributed by atoms with Crippen LogP contribution in [0.1, 0.15) is 5.56 Å². The van der Waals surface area contributed by atoms with Gasteiger partial charge in [-0.3, -0.25) is 0 Å². The zero-order chi connectivity index (χ0) is 13.5. The van der Waals surface area contributed by atoms with E-state index in [9.17, 15) is 4.39 Å². The molecule has 0 spiro atoms. The molecule has 0 saturated heterocycles. The van der Waals surface area contributed by atoms with E-state index in [0.29, 0.717) is 13.2 Å². The summed E-state index contributed by atoms with van der Waals surface area (Å²) < 4.78 is 19.5. The molecule has 0 aliphatic heterocycles. The Morgan fingerprint density at radius 2 is 2.26 bits per heavy atom. The molecule has 2 nitrogen and oxygen atoms in total. The first-order valence-electron chi connectivity index (χ1n) is 5.99. The van der Waals surface area contributed by atoms with Gasteiger partial charge in [-0.15, -0.1) is 11.3 Å². The Bertz CT molecular complexity index is 502. The third-order valence-corrected chi connectivity index (χ3v) is 4.68. The minimum atomic E-state index is -0.195. The lowest BCUT2D eigenvalue weighted by Gasteiger charge is -2.09. The van der Waals surface area contributed by atoms with Gasteiger partial charge in [0.2, 0.25) is 0 Å². The fourth-order valence-corrected chi connectivity index (χ4v) is 3.45. The molecule has 2 aromatic rings. The highest BCUT2D eigenvalue weighted by Crippen LogP contribution is 2.33. The zero-order valence-corrected chi connectivity index (χ0v) is 12.3. The van der Waals surface area contributed by atoms with Gasteiger partial charge in [-0.25, -0.2) is 4.39 Å². The first kappa shape index (κ1) is 14.5. The Hall–Kier alpha value is -0.880. The maximum absolute atomic E-state index is 13.3. The van der Waals surface area contributed by atoms with E-state index in [4.69, 9.17) is 4.74 Å². The number of thiophene rings is 1. The normalized spacial score (nSPS) is 10.8. The topological polar surface area (TPSA) is 21.3 Å². The molecule has 0 unspecified atom stereocenters. The number of ether oxygens (including phenoxy) is 1. The van der Waals surface area contributed by atoms with Crippen molar-refractivity contribution in [2.45, 2.75) is 15.6 Å². The van der Waals surface area contributed by atoms with Crippen molar-refractivity contribution in [1.82, 2.24) is 5.32 Å². The summed E-state index contributed by atoms with van der Waals surface area (Å²) in [7, 11) is 1.67. The molecule has 0 fully saturated rings. The molecule has 1 N–H and O–H groups in total. The van der Waals surface area contributed by atoms with Gasteiger partial charge in [-0.1, -0.05) is 17.8 Å². The van der Waals surface area contributed by atoms with Gasteiger partial charge in [0.15, 0.2) is 0 Å². The maximum atomic E-state index is 13.3. The zero-order valence-electron chi connectivity index (χ0n) is 10.7. The van der Waals surface area contributed by atoms with E-state index in [1.54, 1.807) is 36.3 Å². The third kappa shape index (κ3) is 4.62. The van der Waals surface area contributed by atoms with Gasteiger partial charge in [0, 0.05) is 25.1 Å². The van der Waals surface area contributed by atoms with E-state index in [2.05, 4.69) is 11.4 Å². The third-order valence-electron chi connectivity index (χ3n) is 2.53. The Balaban J connectivity index is 2.04. The molecule has 102 valence electrons. The van der Waals surface area contributed by atoms with Crippen molar-refractivity contribution < 1.29 is 9.13 Å². The van der Waals surface area contributed by atoms with Crippen LogP contribution in [0.5, 0.6) is 0 Å². The minimum Gasteiger partial charge on any atom is -0.383 e. The predicted molar refractivity (Wildman–Crippen MR) is 78.4 cm³/mol. The van der Waals surface area contributed by atoms with Gasteiger partial charge in [-0.2, -0.15) is 0 Å². The van der Waals surface area contributed by atoms with Crippen LogP contribution in [0.3, 0.4) is 0 Å². The SMILES string of the molecule is COCCNCc1cc(F)ccc1Sc1cccs1. The molecule has 0 amide bonds. The largest absolute Gasteiger partial charge is 0.383 e.